The Labute approximate surface area is 369 Å². The van der Waals surface area contributed by atoms with E-state index in [2.05, 4.69) is 55.6 Å². The topological polar surface area (TPSA) is 69.6 Å². The van der Waals surface area contributed by atoms with Crippen LogP contribution < -0.4 is 5.32 Å². The number of hydrogen-bond acceptors (Lipinski definition) is 3. The number of aliphatic hydroxyl groups is 2. The van der Waals surface area contributed by atoms with Gasteiger partial charge in [-0.15, -0.1) is 0 Å². The zero-order chi connectivity index (χ0) is 42.8. The molecule has 59 heavy (non-hydrogen) atoms. The quantitative estimate of drug-likeness (QED) is 0.0423. The summed E-state index contributed by atoms with van der Waals surface area (Å²) in [6.07, 6.45) is 69.8. The van der Waals surface area contributed by atoms with Gasteiger partial charge in [0.25, 0.3) is 0 Å². The standard InChI is InChI=1S/C55H103NO3/c1-3-5-7-9-11-13-15-17-19-20-21-22-23-24-25-26-27-28-29-30-31-32-33-34-35-37-38-40-42-44-46-48-50-54(58)53(52-57)56-55(59)51-49-47-45-43-41-39-36-18-16-14-12-10-8-6-4-2/h18,34-36,40,42,48,50,53-54,57-58H,3-17,19-33,37-39,41,43-47,49,51-52H2,1-2H3,(H,56,59)/b35-34+,36-18-,42-40+,50-48+. The fourth-order valence-corrected chi connectivity index (χ4v) is 7.97. The number of hydrogen-bond donors (Lipinski definition) is 3. The molecule has 0 fully saturated rings. The highest BCUT2D eigenvalue weighted by atomic mass is 16.3. The van der Waals surface area contributed by atoms with Crippen LogP contribution in [0.3, 0.4) is 0 Å². The first kappa shape index (κ1) is 57.3. The van der Waals surface area contributed by atoms with Gasteiger partial charge in [0.15, 0.2) is 0 Å². The molecule has 0 aromatic rings. The molecule has 0 bridgehead atoms. The molecule has 4 heteroatoms. The second-order valence-corrected chi connectivity index (χ2v) is 17.9. The Balaban J connectivity index is 3.54. The van der Waals surface area contributed by atoms with E-state index < -0.39 is 12.1 Å². The predicted octanol–water partition coefficient (Wildman–Crippen LogP) is 17.1. The fraction of sp³-hybridized carbons (Fsp3) is 0.836. The summed E-state index contributed by atoms with van der Waals surface area (Å²) in [6, 6.07) is -0.650. The highest BCUT2D eigenvalue weighted by Crippen LogP contribution is 2.16. The lowest BCUT2D eigenvalue weighted by Crippen LogP contribution is -2.45. The summed E-state index contributed by atoms with van der Waals surface area (Å²) in [6.45, 7) is 4.30. The molecule has 0 saturated carbocycles. The second-order valence-electron chi connectivity index (χ2n) is 17.9. The van der Waals surface area contributed by atoms with E-state index in [-0.39, 0.29) is 12.5 Å². The zero-order valence-electron chi connectivity index (χ0n) is 39.8. The van der Waals surface area contributed by atoms with Crippen LogP contribution in [0.1, 0.15) is 277 Å². The van der Waals surface area contributed by atoms with Gasteiger partial charge in [0.1, 0.15) is 0 Å². The molecule has 0 saturated heterocycles. The van der Waals surface area contributed by atoms with Crippen molar-refractivity contribution in [3.8, 4) is 0 Å². The van der Waals surface area contributed by atoms with Gasteiger partial charge in [-0.05, 0) is 70.6 Å². The minimum absolute atomic E-state index is 0.0860. The minimum atomic E-state index is -0.874. The van der Waals surface area contributed by atoms with Crippen molar-refractivity contribution in [3.63, 3.8) is 0 Å². The molecule has 4 nitrogen and oxygen atoms in total. The Morgan fingerprint density at radius 2 is 0.661 bits per heavy atom. The average Bonchev–Trinajstić information content (AvgIpc) is 3.24. The molecule has 0 aliphatic carbocycles. The van der Waals surface area contributed by atoms with E-state index in [9.17, 15) is 15.0 Å². The maximum Gasteiger partial charge on any atom is 0.220 e. The van der Waals surface area contributed by atoms with Crippen LogP contribution in [0.15, 0.2) is 48.6 Å². The summed E-state index contributed by atoms with van der Waals surface area (Å²) < 4.78 is 0. The lowest BCUT2D eigenvalue weighted by Gasteiger charge is -2.19. The number of allylic oxidation sites excluding steroid dienone is 7. The summed E-state index contributed by atoms with van der Waals surface area (Å²) in [5.74, 6) is -0.0860. The highest BCUT2D eigenvalue weighted by molar-refractivity contribution is 5.76. The van der Waals surface area contributed by atoms with Crippen molar-refractivity contribution in [2.45, 2.75) is 289 Å². The summed E-state index contributed by atoms with van der Waals surface area (Å²) in [5, 5.41) is 23.0. The normalized spacial score (nSPS) is 13.2. The van der Waals surface area contributed by atoms with E-state index in [1.807, 2.05) is 6.08 Å². The fourth-order valence-electron chi connectivity index (χ4n) is 7.97. The van der Waals surface area contributed by atoms with Crippen LogP contribution >= 0.6 is 0 Å². The third-order valence-corrected chi connectivity index (χ3v) is 12.0. The summed E-state index contributed by atoms with van der Waals surface area (Å²) in [7, 11) is 0. The van der Waals surface area contributed by atoms with Gasteiger partial charge in [-0.2, -0.15) is 0 Å². The van der Waals surface area contributed by atoms with Crippen molar-refractivity contribution >= 4 is 5.91 Å². The molecule has 2 unspecified atom stereocenters. The van der Waals surface area contributed by atoms with Crippen LogP contribution in [0.2, 0.25) is 0 Å². The molecule has 2 atom stereocenters. The van der Waals surface area contributed by atoms with Gasteiger partial charge in [0.2, 0.25) is 5.91 Å². The van der Waals surface area contributed by atoms with Crippen LogP contribution in [-0.4, -0.2) is 34.9 Å². The number of carbonyl (C=O) groups excluding carboxylic acids is 1. The van der Waals surface area contributed by atoms with Crippen molar-refractivity contribution in [2.75, 3.05) is 6.61 Å². The SMILES string of the molecule is CCCCCCCC/C=C\CCCCCCCC(=O)NC(CO)C(O)/C=C/CC/C=C/CC/C=C/CCCCCCCCCCCCCCCCCCCCCCCC. The van der Waals surface area contributed by atoms with Crippen LogP contribution in [0.5, 0.6) is 0 Å². The van der Waals surface area contributed by atoms with Crippen molar-refractivity contribution < 1.29 is 15.0 Å². The van der Waals surface area contributed by atoms with E-state index in [0.29, 0.717) is 6.42 Å². The lowest BCUT2D eigenvalue weighted by atomic mass is 10.0. The maximum atomic E-state index is 12.4. The minimum Gasteiger partial charge on any atom is -0.394 e. The van der Waals surface area contributed by atoms with Crippen molar-refractivity contribution in [1.82, 2.24) is 5.32 Å². The van der Waals surface area contributed by atoms with Gasteiger partial charge in [0.05, 0.1) is 18.8 Å². The van der Waals surface area contributed by atoms with Gasteiger partial charge in [-0.3, -0.25) is 4.79 Å². The van der Waals surface area contributed by atoms with E-state index in [4.69, 9.17) is 0 Å². The Morgan fingerprint density at radius 1 is 0.390 bits per heavy atom. The lowest BCUT2D eigenvalue weighted by molar-refractivity contribution is -0.123. The Morgan fingerprint density at radius 3 is 0.983 bits per heavy atom. The Hall–Kier alpha value is -1.65. The van der Waals surface area contributed by atoms with Crippen molar-refractivity contribution in [2.24, 2.45) is 0 Å². The summed E-state index contributed by atoms with van der Waals surface area (Å²) in [4.78, 5) is 12.4. The third kappa shape index (κ3) is 47.3. The molecule has 0 aliphatic rings. The molecular formula is C55H103NO3. The molecule has 0 spiro atoms. The molecule has 0 rings (SSSR count). The molecule has 0 radical (unpaired) electrons. The summed E-state index contributed by atoms with van der Waals surface area (Å²) in [5.41, 5.74) is 0. The van der Waals surface area contributed by atoms with Crippen LogP contribution in [0.4, 0.5) is 0 Å². The van der Waals surface area contributed by atoms with E-state index >= 15 is 0 Å². The third-order valence-electron chi connectivity index (χ3n) is 12.0. The van der Waals surface area contributed by atoms with Crippen molar-refractivity contribution in [3.05, 3.63) is 48.6 Å². The first-order valence-corrected chi connectivity index (χ1v) is 26.4. The van der Waals surface area contributed by atoms with E-state index in [1.54, 1.807) is 6.08 Å². The molecule has 0 aromatic carbocycles. The molecule has 3 N–H and O–H groups in total. The highest BCUT2D eigenvalue weighted by Gasteiger charge is 2.17. The number of unbranched alkanes of at least 4 members (excludes halogenated alkanes) is 35. The molecule has 0 aromatic heterocycles. The van der Waals surface area contributed by atoms with Gasteiger partial charge in [-0.25, -0.2) is 0 Å². The van der Waals surface area contributed by atoms with Crippen LogP contribution in [0, 0.1) is 0 Å². The molecule has 1 amide bonds. The monoisotopic (exact) mass is 826 g/mol. The maximum absolute atomic E-state index is 12.4. The van der Waals surface area contributed by atoms with E-state index in [0.717, 1.165) is 51.4 Å². The number of nitrogens with one attached hydrogen (secondary N) is 1. The number of amides is 1. The zero-order valence-corrected chi connectivity index (χ0v) is 39.8. The van der Waals surface area contributed by atoms with E-state index in [1.165, 1.54) is 205 Å². The molecule has 0 heterocycles. The Bertz CT molecular complexity index is 939. The van der Waals surface area contributed by atoms with Crippen LogP contribution in [0.25, 0.3) is 0 Å². The first-order chi connectivity index (χ1) is 29.2. The van der Waals surface area contributed by atoms with Gasteiger partial charge >= 0.3 is 0 Å². The largest absolute Gasteiger partial charge is 0.394 e. The van der Waals surface area contributed by atoms with Gasteiger partial charge in [0, 0.05) is 6.42 Å². The van der Waals surface area contributed by atoms with Crippen LogP contribution in [-0.2, 0) is 4.79 Å². The molecule has 0 aliphatic heterocycles. The molecular weight excluding hydrogens is 723 g/mol. The summed E-state index contributed by atoms with van der Waals surface area (Å²) >= 11 is 0. The van der Waals surface area contributed by atoms with Gasteiger partial charge < -0.3 is 15.5 Å². The molecule has 346 valence electrons. The Kier molecular flexibility index (Phi) is 49.3. The average molecular weight is 826 g/mol. The number of rotatable bonds is 48. The second kappa shape index (κ2) is 50.7. The number of carbonyl (C=O) groups is 1. The smallest absolute Gasteiger partial charge is 0.220 e. The first-order valence-electron chi connectivity index (χ1n) is 26.4. The van der Waals surface area contributed by atoms with Crippen molar-refractivity contribution in [1.29, 1.82) is 0 Å². The predicted molar refractivity (Wildman–Crippen MR) is 262 cm³/mol. The van der Waals surface area contributed by atoms with Gasteiger partial charge in [-0.1, -0.05) is 249 Å². The number of aliphatic hydroxyl groups excluding tert-OH is 2.